The van der Waals surface area contributed by atoms with Crippen molar-refractivity contribution >= 4 is 33.9 Å². The van der Waals surface area contributed by atoms with E-state index in [9.17, 15) is 0 Å². The van der Waals surface area contributed by atoms with Gasteiger partial charge in [0.05, 0.1) is 18.1 Å². The summed E-state index contributed by atoms with van der Waals surface area (Å²) in [5, 5.41) is 18.6. The van der Waals surface area contributed by atoms with Crippen molar-refractivity contribution in [3.05, 3.63) is 28.8 Å². The normalized spacial score (nSPS) is 14.2. The highest BCUT2D eigenvalue weighted by Crippen LogP contribution is 2.36. The summed E-state index contributed by atoms with van der Waals surface area (Å²) < 4.78 is 5.35. The third kappa shape index (κ3) is 3.18. The van der Waals surface area contributed by atoms with E-state index in [1.54, 1.807) is 28.7 Å². The predicted molar refractivity (Wildman–Crippen MR) is 87.7 cm³/mol. The van der Waals surface area contributed by atoms with Gasteiger partial charge in [-0.1, -0.05) is 11.3 Å². The molecule has 5 nitrogen and oxygen atoms in total. The molecule has 7 heteroatoms. The molecule has 0 radical (unpaired) electrons. The molecule has 0 bridgehead atoms. The van der Waals surface area contributed by atoms with E-state index in [1.165, 1.54) is 0 Å². The maximum absolute atomic E-state index is 8.80. The van der Waals surface area contributed by atoms with Crippen LogP contribution in [0.5, 0.6) is 0 Å². The molecule has 22 heavy (non-hydrogen) atoms. The highest BCUT2D eigenvalue weighted by atomic mass is 32.1. The SMILES string of the molecule is N#CC(C#N)=Cc1ccc(-c2cnc(N3CCOCC3)s2)s1. The standard InChI is InChI=1S/C15H12N4OS2/c16-8-11(9-17)7-12-1-2-13(21-12)14-10-18-15(22-14)19-3-5-20-6-4-19/h1-2,7,10H,3-6H2. The van der Waals surface area contributed by atoms with Gasteiger partial charge in [0.1, 0.15) is 17.7 Å². The Labute approximate surface area is 136 Å². The molecule has 110 valence electrons. The van der Waals surface area contributed by atoms with E-state index in [1.807, 2.05) is 30.5 Å². The number of thiazole rings is 1. The van der Waals surface area contributed by atoms with Crippen LogP contribution in [0.4, 0.5) is 5.13 Å². The molecule has 3 heterocycles. The first-order chi connectivity index (χ1) is 10.8. The van der Waals surface area contributed by atoms with Gasteiger partial charge in [0.2, 0.25) is 0 Å². The van der Waals surface area contributed by atoms with Crippen LogP contribution in [-0.4, -0.2) is 31.3 Å². The summed E-state index contributed by atoms with van der Waals surface area (Å²) in [7, 11) is 0. The first-order valence-corrected chi connectivity index (χ1v) is 8.34. The van der Waals surface area contributed by atoms with Crippen molar-refractivity contribution in [1.82, 2.24) is 4.98 Å². The lowest BCUT2D eigenvalue weighted by Gasteiger charge is -2.25. The van der Waals surface area contributed by atoms with Crippen molar-refractivity contribution < 1.29 is 4.74 Å². The lowest BCUT2D eigenvalue weighted by molar-refractivity contribution is 0.122. The molecule has 1 fully saturated rings. The third-order valence-corrected chi connectivity index (χ3v) is 5.46. The van der Waals surface area contributed by atoms with Gasteiger partial charge in [-0.3, -0.25) is 0 Å². The van der Waals surface area contributed by atoms with Crippen molar-refractivity contribution in [2.45, 2.75) is 0 Å². The van der Waals surface area contributed by atoms with E-state index >= 15 is 0 Å². The van der Waals surface area contributed by atoms with E-state index in [0.29, 0.717) is 0 Å². The first kappa shape index (κ1) is 14.7. The number of nitriles is 2. The molecule has 0 aromatic carbocycles. The van der Waals surface area contributed by atoms with E-state index in [2.05, 4.69) is 9.88 Å². The fourth-order valence-electron chi connectivity index (χ4n) is 2.07. The number of morpholine rings is 1. The van der Waals surface area contributed by atoms with Crippen LogP contribution in [0.3, 0.4) is 0 Å². The average Bonchev–Trinajstić information content (AvgIpc) is 3.22. The van der Waals surface area contributed by atoms with Gasteiger partial charge in [-0.15, -0.1) is 11.3 Å². The van der Waals surface area contributed by atoms with Gasteiger partial charge in [0.25, 0.3) is 0 Å². The second-order valence-electron chi connectivity index (χ2n) is 4.59. The maximum atomic E-state index is 8.80. The summed E-state index contributed by atoms with van der Waals surface area (Å²) in [5.74, 6) is 0. The summed E-state index contributed by atoms with van der Waals surface area (Å²) in [5.41, 5.74) is 0.117. The molecule has 0 saturated carbocycles. The second kappa shape index (κ2) is 6.71. The van der Waals surface area contributed by atoms with Gasteiger partial charge in [-0.05, 0) is 18.2 Å². The number of allylic oxidation sites excluding steroid dienone is 1. The molecule has 0 N–H and O–H groups in total. The number of thiophene rings is 1. The lowest BCUT2D eigenvalue weighted by atomic mass is 10.3. The zero-order chi connectivity index (χ0) is 15.4. The Morgan fingerprint density at radius 3 is 2.68 bits per heavy atom. The molecule has 0 spiro atoms. The molecule has 3 rings (SSSR count). The fourth-order valence-corrected chi connectivity index (χ4v) is 4.07. The minimum absolute atomic E-state index is 0.117. The molecule has 0 amide bonds. The van der Waals surface area contributed by atoms with Crippen LogP contribution in [0, 0.1) is 22.7 Å². The molecule has 2 aromatic heterocycles. The van der Waals surface area contributed by atoms with Crippen molar-refractivity contribution in [3.63, 3.8) is 0 Å². The summed E-state index contributed by atoms with van der Waals surface area (Å²) >= 11 is 3.21. The number of ether oxygens (including phenoxy) is 1. The van der Waals surface area contributed by atoms with Crippen LogP contribution < -0.4 is 4.90 Å². The first-order valence-electron chi connectivity index (χ1n) is 6.71. The maximum Gasteiger partial charge on any atom is 0.186 e. The molecule has 0 unspecified atom stereocenters. The Balaban J connectivity index is 1.80. The van der Waals surface area contributed by atoms with Gasteiger partial charge < -0.3 is 9.64 Å². The number of nitrogens with zero attached hydrogens (tertiary/aromatic N) is 4. The largest absolute Gasteiger partial charge is 0.378 e. The van der Waals surface area contributed by atoms with Crippen LogP contribution in [-0.2, 0) is 4.74 Å². The summed E-state index contributed by atoms with van der Waals surface area (Å²) in [6.07, 6.45) is 3.49. The minimum Gasteiger partial charge on any atom is -0.378 e. The number of hydrogen-bond acceptors (Lipinski definition) is 7. The van der Waals surface area contributed by atoms with E-state index < -0.39 is 0 Å². The molecular weight excluding hydrogens is 316 g/mol. The molecule has 2 aromatic rings. The Bertz CT molecular complexity index is 756. The van der Waals surface area contributed by atoms with Crippen molar-refractivity contribution in [2.75, 3.05) is 31.2 Å². The van der Waals surface area contributed by atoms with Crippen LogP contribution in [0.2, 0.25) is 0 Å². The summed E-state index contributed by atoms with van der Waals surface area (Å²) in [6, 6.07) is 7.67. The number of hydrogen-bond donors (Lipinski definition) is 0. The van der Waals surface area contributed by atoms with Crippen LogP contribution in [0.15, 0.2) is 23.9 Å². The Kier molecular flexibility index (Phi) is 4.50. The third-order valence-electron chi connectivity index (χ3n) is 3.17. The highest BCUT2D eigenvalue weighted by Gasteiger charge is 2.15. The van der Waals surface area contributed by atoms with Gasteiger partial charge in [-0.25, -0.2) is 4.98 Å². The van der Waals surface area contributed by atoms with E-state index in [0.717, 1.165) is 46.1 Å². The number of anilines is 1. The van der Waals surface area contributed by atoms with Gasteiger partial charge in [0, 0.05) is 29.0 Å². The zero-order valence-electron chi connectivity index (χ0n) is 11.7. The summed E-state index contributed by atoms with van der Waals surface area (Å²) in [6.45, 7) is 3.24. The van der Waals surface area contributed by atoms with Crippen LogP contribution >= 0.6 is 22.7 Å². The zero-order valence-corrected chi connectivity index (χ0v) is 13.3. The van der Waals surface area contributed by atoms with Crippen LogP contribution in [0.25, 0.3) is 15.8 Å². The topological polar surface area (TPSA) is 72.9 Å². The lowest BCUT2D eigenvalue weighted by Crippen LogP contribution is -2.36. The molecule has 1 aliphatic rings. The number of rotatable bonds is 3. The van der Waals surface area contributed by atoms with Crippen molar-refractivity contribution in [3.8, 4) is 21.9 Å². The minimum atomic E-state index is 0.117. The quantitative estimate of drug-likeness (QED) is 0.809. The van der Waals surface area contributed by atoms with E-state index in [4.69, 9.17) is 15.3 Å². The van der Waals surface area contributed by atoms with Crippen molar-refractivity contribution in [2.24, 2.45) is 0 Å². The monoisotopic (exact) mass is 328 g/mol. The average molecular weight is 328 g/mol. The molecule has 0 atom stereocenters. The van der Waals surface area contributed by atoms with Crippen LogP contribution in [0.1, 0.15) is 4.88 Å². The van der Waals surface area contributed by atoms with E-state index in [-0.39, 0.29) is 5.57 Å². The van der Waals surface area contributed by atoms with Gasteiger partial charge >= 0.3 is 0 Å². The Morgan fingerprint density at radius 1 is 1.18 bits per heavy atom. The number of aromatic nitrogens is 1. The smallest absolute Gasteiger partial charge is 0.186 e. The molecule has 1 aliphatic heterocycles. The molecular formula is C15H12N4OS2. The fraction of sp³-hybridized carbons (Fsp3) is 0.267. The predicted octanol–water partition coefficient (Wildman–Crippen LogP) is 3.14. The molecule has 0 aliphatic carbocycles. The second-order valence-corrected chi connectivity index (χ2v) is 6.71. The highest BCUT2D eigenvalue weighted by molar-refractivity contribution is 7.24. The van der Waals surface area contributed by atoms with Gasteiger partial charge in [0.15, 0.2) is 5.13 Å². The van der Waals surface area contributed by atoms with Crippen molar-refractivity contribution in [1.29, 1.82) is 10.5 Å². The summed E-state index contributed by atoms with van der Waals surface area (Å²) in [4.78, 5) is 9.82. The molecule has 1 saturated heterocycles. The van der Waals surface area contributed by atoms with Gasteiger partial charge in [-0.2, -0.15) is 10.5 Å². The Morgan fingerprint density at radius 2 is 1.95 bits per heavy atom. The Hall–Kier alpha value is -2.19.